The van der Waals surface area contributed by atoms with E-state index in [1.807, 2.05) is 0 Å². The van der Waals surface area contributed by atoms with E-state index in [4.69, 9.17) is 0 Å². The molecule has 15 heavy (non-hydrogen) atoms. The molecule has 0 saturated carbocycles. The SMILES string of the molecule is CNC1CC(C)c2ccc(C(C)C)cc21. The fourth-order valence-electron chi connectivity index (χ4n) is 2.58. The van der Waals surface area contributed by atoms with Crippen LogP contribution in [0.5, 0.6) is 0 Å². The van der Waals surface area contributed by atoms with Gasteiger partial charge in [-0.1, -0.05) is 39.0 Å². The number of benzene rings is 1. The second-order valence-corrected chi connectivity index (χ2v) is 5.02. The fourth-order valence-corrected chi connectivity index (χ4v) is 2.58. The van der Waals surface area contributed by atoms with Crippen LogP contribution in [-0.2, 0) is 0 Å². The molecular weight excluding hydrogens is 182 g/mol. The summed E-state index contributed by atoms with van der Waals surface area (Å²) < 4.78 is 0. The molecule has 2 rings (SSSR count). The van der Waals surface area contributed by atoms with E-state index < -0.39 is 0 Å². The monoisotopic (exact) mass is 203 g/mol. The van der Waals surface area contributed by atoms with Crippen molar-refractivity contribution in [1.29, 1.82) is 0 Å². The quantitative estimate of drug-likeness (QED) is 0.774. The van der Waals surface area contributed by atoms with E-state index >= 15 is 0 Å². The third-order valence-electron chi connectivity index (χ3n) is 3.62. The Morgan fingerprint density at radius 1 is 1.27 bits per heavy atom. The summed E-state index contributed by atoms with van der Waals surface area (Å²) >= 11 is 0. The Hall–Kier alpha value is -0.820. The lowest BCUT2D eigenvalue weighted by molar-refractivity contribution is 0.552. The summed E-state index contributed by atoms with van der Waals surface area (Å²) in [7, 11) is 2.06. The standard InChI is InChI=1S/C14H21N/c1-9(2)11-5-6-12-10(3)7-14(15-4)13(12)8-11/h5-6,8-10,14-15H,7H2,1-4H3. The molecule has 0 amide bonds. The van der Waals surface area contributed by atoms with Crippen LogP contribution in [0.4, 0.5) is 0 Å². The van der Waals surface area contributed by atoms with Gasteiger partial charge in [-0.2, -0.15) is 0 Å². The maximum absolute atomic E-state index is 3.42. The Labute approximate surface area is 92.9 Å². The predicted octanol–water partition coefficient (Wildman–Crippen LogP) is 3.58. The van der Waals surface area contributed by atoms with Crippen LogP contribution >= 0.6 is 0 Å². The first-order chi connectivity index (χ1) is 7.13. The van der Waals surface area contributed by atoms with Gasteiger partial charge in [0.2, 0.25) is 0 Å². The zero-order valence-corrected chi connectivity index (χ0v) is 10.2. The van der Waals surface area contributed by atoms with Crippen LogP contribution in [0.15, 0.2) is 18.2 Å². The molecule has 1 aliphatic rings. The van der Waals surface area contributed by atoms with E-state index in [9.17, 15) is 0 Å². The van der Waals surface area contributed by atoms with Crippen LogP contribution in [-0.4, -0.2) is 7.05 Å². The van der Waals surface area contributed by atoms with Crippen molar-refractivity contribution in [1.82, 2.24) is 5.32 Å². The molecule has 1 heteroatoms. The van der Waals surface area contributed by atoms with Crippen molar-refractivity contribution < 1.29 is 0 Å². The molecule has 0 spiro atoms. The van der Waals surface area contributed by atoms with Crippen LogP contribution in [0.2, 0.25) is 0 Å². The van der Waals surface area contributed by atoms with Crippen molar-refractivity contribution in [2.24, 2.45) is 0 Å². The molecule has 1 aromatic carbocycles. The molecule has 1 nitrogen and oxygen atoms in total. The van der Waals surface area contributed by atoms with Crippen LogP contribution in [0.3, 0.4) is 0 Å². The highest BCUT2D eigenvalue weighted by molar-refractivity contribution is 5.41. The Balaban J connectivity index is 2.42. The molecule has 1 N–H and O–H groups in total. The van der Waals surface area contributed by atoms with Gasteiger partial charge in [0.05, 0.1) is 0 Å². The van der Waals surface area contributed by atoms with E-state index in [-0.39, 0.29) is 0 Å². The zero-order chi connectivity index (χ0) is 11.0. The van der Waals surface area contributed by atoms with Gasteiger partial charge in [-0.25, -0.2) is 0 Å². The third-order valence-corrected chi connectivity index (χ3v) is 3.62. The second-order valence-electron chi connectivity index (χ2n) is 5.02. The first-order valence-corrected chi connectivity index (χ1v) is 5.94. The minimum Gasteiger partial charge on any atom is -0.313 e. The fraction of sp³-hybridized carbons (Fsp3) is 0.571. The Bertz CT molecular complexity index is 354. The van der Waals surface area contributed by atoms with E-state index in [1.165, 1.54) is 17.5 Å². The highest BCUT2D eigenvalue weighted by atomic mass is 14.9. The molecule has 82 valence electrons. The summed E-state index contributed by atoms with van der Waals surface area (Å²) in [6, 6.07) is 7.57. The van der Waals surface area contributed by atoms with Gasteiger partial charge in [-0.3, -0.25) is 0 Å². The van der Waals surface area contributed by atoms with Crippen LogP contribution in [0.1, 0.15) is 61.8 Å². The number of hydrogen-bond acceptors (Lipinski definition) is 1. The average Bonchev–Trinajstić information content (AvgIpc) is 2.55. The molecule has 2 atom stereocenters. The summed E-state index contributed by atoms with van der Waals surface area (Å²) in [6.45, 7) is 6.84. The first-order valence-electron chi connectivity index (χ1n) is 5.94. The highest BCUT2D eigenvalue weighted by Crippen LogP contribution is 2.40. The van der Waals surface area contributed by atoms with Gasteiger partial charge in [0.15, 0.2) is 0 Å². The summed E-state index contributed by atoms with van der Waals surface area (Å²) in [5.74, 6) is 1.34. The topological polar surface area (TPSA) is 12.0 Å². The number of rotatable bonds is 2. The maximum Gasteiger partial charge on any atom is 0.0326 e. The van der Waals surface area contributed by atoms with Crippen LogP contribution in [0, 0.1) is 0 Å². The van der Waals surface area contributed by atoms with Crippen molar-refractivity contribution in [2.45, 2.75) is 45.1 Å². The minimum absolute atomic E-state index is 0.564. The van der Waals surface area contributed by atoms with Gasteiger partial charge in [0, 0.05) is 6.04 Å². The Morgan fingerprint density at radius 2 is 2.00 bits per heavy atom. The van der Waals surface area contributed by atoms with E-state index in [0.29, 0.717) is 17.9 Å². The van der Waals surface area contributed by atoms with Crippen molar-refractivity contribution >= 4 is 0 Å². The Kier molecular flexibility index (Phi) is 2.83. The van der Waals surface area contributed by atoms with Crippen molar-refractivity contribution in [3.8, 4) is 0 Å². The van der Waals surface area contributed by atoms with Gasteiger partial charge in [0.25, 0.3) is 0 Å². The molecule has 0 heterocycles. The molecule has 1 aromatic rings. The van der Waals surface area contributed by atoms with Gasteiger partial charge in [-0.05, 0) is 42.0 Å². The smallest absolute Gasteiger partial charge is 0.0326 e. The number of fused-ring (bicyclic) bond motifs is 1. The molecule has 0 aliphatic heterocycles. The molecule has 0 bridgehead atoms. The van der Waals surface area contributed by atoms with Crippen LogP contribution < -0.4 is 5.32 Å². The molecular formula is C14H21N. The summed E-state index contributed by atoms with van der Waals surface area (Å²) in [4.78, 5) is 0. The van der Waals surface area contributed by atoms with Gasteiger partial charge in [-0.15, -0.1) is 0 Å². The number of nitrogens with one attached hydrogen (secondary N) is 1. The molecule has 1 aliphatic carbocycles. The number of hydrogen-bond donors (Lipinski definition) is 1. The third kappa shape index (κ3) is 1.81. The largest absolute Gasteiger partial charge is 0.313 e. The van der Waals surface area contributed by atoms with Crippen LogP contribution in [0.25, 0.3) is 0 Å². The summed E-state index contributed by atoms with van der Waals surface area (Å²) in [5, 5.41) is 3.42. The first kappa shape index (κ1) is 10.7. The molecule has 2 unspecified atom stereocenters. The molecule has 0 radical (unpaired) electrons. The zero-order valence-electron chi connectivity index (χ0n) is 10.2. The summed E-state index contributed by atoms with van der Waals surface area (Å²) in [6.07, 6.45) is 1.24. The minimum atomic E-state index is 0.564. The second kappa shape index (κ2) is 3.97. The predicted molar refractivity (Wildman–Crippen MR) is 65.4 cm³/mol. The van der Waals surface area contributed by atoms with E-state index in [0.717, 1.165) is 0 Å². The van der Waals surface area contributed by atoms with Gasteiger partial charge >= 0.3 is 0 Å². The highest BCUT2D eigenvalue weighted by Gasteiger charge is 2.27. The van der Waals surface area contributed by atoms with Crippen molar-refractivity contribution in [2.75, 3.05) is 7.05 Å². The normalized spacial score (nSPS) is 24.6. The lowest BCUT2D eigenvalue weighted by Crippen LogP contribution is -2.13. The summed E-state index contributed by atoms with van der Waals surface area (Å²) in [5.41, 5.74) is 4.53. The van der Waals surface area contributed by atoms with E-state index in [1.54, 1.807) is 5.56 Å². The molecule has 0 fully saturated rings. The van der Waals surface area contributed by atoms with Gasteiger partial charge < -0.3 is 5.32 Å². The average molecular weight is 203 g/mol. The van der Waals surface area contributed by atoms with Crippen molar-refractivity contribution in [3.63, 3.8) is 0 Å². The lowest BCUT2D eigenvalue weighted by Gasteiger charge is -2.13. The van der Waals surface area contributed by atoms with Gasteiger partial charge in [0.1, 0.15) is 0 Å². The van der Waals surface area contributed by atoms with E-state index in [2.05, 4.69) is 51.3 Å². The molecule has 0 saturated heterocycles. The maximum atomic E-state index is 3.42. The molecule has 0 aromatic heterocycles. The Morgan fingerprint density at radius 3 is 2.60 bits per heavy atom. The lowest BCUT2D eigenvalue weighted by atomic mass is 9.96. The van der Waals surface area contributed by atoms with Crippen molar-refractivity contribution in [3.05, 3.63) is 34.9 Å².